The van der Waals surface area contributed by atoms with Gasteiger partial charge in [0.2, 0.25) is 5.95 Å². The second-order valence-electron chi connectivity index (χ2n) is 6.48. The number of halogens is 1. The lowest BCUT2D eigenvalue weighted by atomic mass is 10.2. The highest BCUT2D eigenvalue weighted by molar-refractivity contribution is 7.91. The molecule has 1 aliphatic rings. The van der Waals surface area contributed by atoms with Crippen LogP contribution in [0.5, 0.6) is 0 Å². The largest absolute Gasteiger partial charge is 0.361 e. The van der Waals surface area contributed by atoms with Gasteiger partial charge >= 0.3 is 0 Å². The molecule has 4 rings (SSSR count). The average Bonchev–Trinajstić information content (AvgIpc) is 3.23. The Morgan fingerprint density at radius 2 is 1.85 bits per heavy atom. The van der Waals surface area contributed by atoms with Crippen LogP contribution < -0.4 is 4.90 Å². The van der Waals surface area contributed by atoms with Gasteiger partial charge in [0.15, 0.2) is 15.7 Å². The Morgan fingerprint density at radius 1 is 1.15 bits per heavy atom. The molecular formula is C17H18FN5O3S. The van der Waals surface area contributed by atoms with Crippen LogP contribution in [0.2, 0.25) is 0 Å². The van der Waals surface area contributed by atoms with Gasteiger partial charge in [0, 0.05) is 24.7 Å². The molecule has 0 aliphatic carbocycles. The predicted molar refractivity (Wildman–Crippen MR) is 96.6 cm³/mol. The van der Waals surface area contributed by atoms with E-state index in [0.29, 0.717) is 48.4 Å². The van der Waals surface area contributed by atoms with E-state index in [2.05, 4.69) is 15.4 Å². The summed E-state index contributed by atoms with van der Waals surface area (Å²) in [5, 5.41) is 12.6. The molecule has 0 bridgehead atoms. The molecule has 3 aromatic rings. The summed E-state index contributed by atoms with van der Waals surface area (Å²) in [5.41, 5.74) is 1.40. The third kappa shape index (κ3) is 3.70. The zero-order valence-corrected chi connectivity index (χ0v) is 15.5. The van der Waals surface area contributed by atoms with E-state index in [1.54, 1.807) is 19.1 Å². The molecule has 0 spiro atoms. The molecule has 10 heteroatoms. The first-order valence-electron chi connectivity index (χ1n) is 8.48. The molecule has 3 heterocycles. The van der Waals surface area contributed by atoms with Crippen molar-refractivity contribution in [2.24, 2.45) is 0 Å². The van der Waals surface area contributed by atoms with Gasteiger partial charge in [-0.2, -0.15) is 0 Å². The molecule has 1 aliphatic heterocycles. The Balaban J connectivity index is 1.73. The van der Waals surface area contributed by atoms with Gasteiger partial charge in [-0.25, -0.2) is 12.8 Å². The minimum absolute atomic E-state index is 0.0782. The lowest BCUT2D eigenvalue weighted by Gasteiger charge is -2.27. The molecule has 0 unspecified atom stereocenters. The van der Waals surface area contributed by atoms with Crippen LogP contribution >= 0.6 is 0 Å². The van der Waals surface area contributed by atoms with Gasteiger partial charge in [0.25, 0.3) is 0 Å². The number of nitrogens with zero attached hydrogens (tertiary/aromatic N) is 5. The summed E-state index contributed by atoms with van der Waals surface area (Å²) in [5.74, 6) is 1.62. The SMILES string of the molecule is Cc1cc(Cn2c(-c3ccc(F)cc3)nnc2N2CCS(=O)(=O)CC2)no1. The van der Waals surface area contributed by atoms with Crippen LogP contribution in [0.25, 0.3) is 11.4 Å². The van der Waals surface area contributed by atoms with Crippen LogP contribution in [0.3, 0.4) is 0 Å². The lowest BCUT2D eigenvalue weighted by Crippen LogP contribution is -2.41. The van der Waals surface area contributed by atoms with Crippen molar-refractivity contribution in [2.75, 3.05) is 29.5 Å². The Labute approximate surface area is 155 Å². The van der Waals surface area contributed by atoms with E-state index in [-0.39, 0.29) is 17.3 Å². The summed E-state index contributed by atoms with van der Waals surface area (Å²) in [6.45, 7) is 2.86. The van der Waals surface area contributed by atoms with Crippen molar-refractivity contribution >= 4 is 15.8 Å². The van der Waals surface area contributed by atoms with Crippen molar-refractivity contribution in [3.8, 4) is 11.4 Å². The summed E-state index contributed by atoms with van der Waals surface area (Å²) in [4.78, 5) is 1.90. The van der Waals surface area contributed by atoms with E-state index < -0.39 is 9.84 Å². The fraction of sp³-hybridized carbons (Fsp3) is 0.353. The van der Waals surface area contributed by atoms with E-state index in [4.69, 9.17) is 4.52 Å². The standard InChI is InChI=1S/C17H18FN5O3S/c1-12-10-15(21-26-12)11-23-16(13-2-4-14(18)5-3-13)19-20-17(23)22-6-8-27(24,25)9-7-22/h2-5,10H,6-9,11H2,1H3. The summed E-state index contributed by atoms with van der Waals surface area (Å²) < 4.78 is 43.8. The maximum atomic E-state index is 13.3. The average molecular weight is 391 g/mol. The third-order valence-corrected chi connectivity index (χ3v) is 6.07. The number of hydrogen-bond acceptors (Lipinski definition) is 7. The Hall–Kier alpha value is -2.75. The fourth-order valence-corrected chi connectivity index (χ4v) is 4.25. The van der Waals surface area contributed by atoms with Gasteiger partial charge in [0.1, 0.15) is 17.3 Å². The van der Waals surface area contributed by atoms with Gasteiger partial charge in [-0.15, -0.1) is 10.2 Å². The van der Waals surface area contributed by atoms with Gasteiger partial charge in [0.05, 0.1) is 18.1 Å². The highest BCUT2D eigenvalue weighted by Crippen LogP contribution is 2.25. The summed E-state index contributed by atoms with van der Waals surface area (Å²) in [6.07, 6.45) is 0. The van der Waals surface area contributed by atoms with Crippen LogP contribution in [0.15, 0.2) is 34.9 Å². The molecule has 27 heavy (non-hydrogen) atoms. The van der Waals surface area contributed by atoms with Crippen molar-refractivity contribution in [3.63, 3.8) is 0 Å². The molecular weight excluding hydrogens is 373 g/mol. The van der Waals surface area contributed by atoms with E-state index in [1.165, 1.54) is 12.1 Å². The number of rotatable bonds is 4. The van der Waals surface area contributed by atoms with Gasteiger partial charge in [-0.1, -0.05) is 5.16 Å². The number of hydrogen-bond donors (Lipinski definition) is 0. The smallest absolute Gasteiger partial charge is 0.227 e. The van der Waals surface area contributed by atoms with E-state index in [0.717, 1.165) is 0 Å². The Bertz CT molecular complexity index is 1040. The first-order chi connectivity index (χ1) is 12.9. The highest BCUT2D eigenvalue weighted by Gasteiger charge is 2.27. The molecule has 0 atom stereocenters. The van der Waals surface area contributed by atoms with Crippen LogP contribution in [0, 0.1) is 12.7 Å². The number of aryl methyl sites for hydroxylation is 1. The summed E-state index contributed by atoms with van der Waals surface area (Å²) >= 11 is 0. The molecule has 0 amide bonds. The molecule has 0 saturated carbocycles. The zero-order valence-electron chi connectivity index (χ0n) is 14.7. The maximum absolute atomic E-state index is 13.3. The van der Waals surface area contributed by atoms with E-state index >= 15 is 0 Å². The normalized spacial score (nSPS) is 16.6. The molecule has 0 radical (unpaired) electrons. The summed E-state index contributed by atoms with van der Waals surface area (Å²) in [6, 6.07) is 7.81. The lowest BCUT2D eigenvalue weighted by molar-refractivity contribution is 0.389. The molecule has 1 fully saturated rings. The van der Waals surface area contributed by atoms with E-state index in [1.807, 2.05) is 15.5 Å². The van der Waals surface area contributed by atoms with Crippen molar-refractivity contribution < 1.29 is 17.3 Å². The highest BCUT2D eigenvalue weighted by atomic mass is 32.2. The van der Waals surface area contributed by atoms with Crippen molar-refractivity contribution in [2.45, 2.75) is 13.5 Å². The maximum Gasteiger partial charge on any atom is 0.227 e. The quantitative estimate of drug-likeness (QED) is 0.668. The third-order valence-electron chi connectivity index (χ3n) is 4.46. The van der Waals surface area contributed by atoms with Gasteiger partial charge in [-0.05, 0) is 31.2 Å². The van der Waals surface area contributed by atoms with Gasteiger partial charge in [-0.3, -0.25) is 4.57 Å². The number of aromatic nitrogens is 4. The monoisotopic (exact) mass is 391 g/mol. The summed E-state index contributed by atoms with van der Waals surface area (Å²) in [7, 11) is -3.01. The van der Waals surface area contributed by atoms with Crippen molar-refractivity contribution in [1.29, 1.82) is 0 Å². The zero-order chi connectivity index (χ0) is 19.0. The Kier molecular flexibility index (Phi) is 4.42. The molecule has 0 N–H and O–H groups in total. The molecule has 2 aromatic heterocycles. The van der Waals surface area contributed by atoms with Crippen LogP contribution in [0.4, 0.5) is 10.3 Å². The first-order valence-corrected chi connectivity index (χ1v) is 10.3. The Morgan fingerprint density at radius 3 is 2.48 bits per heavy atom. The second kappa shape index (κ2) is 6.76. The first kappa shape index (κ1) is 17.7. The second-order valence-corrected chi connectivity index (χ2v) is 8.79. The number of anilines is 1. The van der Waals surface area contributed by atoms with Crippen LogP contribution in [-0.2, 0) is 16.4 Å². The van der Waals surface area contributed by atoms with Crippen molar-refractivity contribution in [1.82, 2.24) is 19.9 Å². The molecule has 142 valence electrons. The molecule has 1 aromatic carbocycles. The number of benzene rings is 1. The topological polar surface area (TPSA) is 94.1 Å². The molecule has 1 saturated heterocycles. The minimum Gasteiger partial charge on any atom is -0.361 e. The van der Waals surface area contributed by atoms with Crippen molar-refractivity contribution in [3.05, 3.63) is 47.6 Å². The minimum atomic E-state index is -3.01. The van der Waals surface area contributed by atoms with E-state index in [9.17, 15) is 12.8 Å². The van der Waals surface area contributed by atoms with Gasteiger partial charge < -0.3 is 9.42 Å². The van der Waals surface area contributed by atoms with Crippen LogP contribution in [-0.4, -0.2) is 52.9 Å². The fourth-order valence-electron chi connectivity index (χ4n) is 3.05. The number of sulfone groups is 1. The molecule has 8 nitrogen and oxygen atoms in total. The predicted octanol–water partition coefficient (Wildman–Crippen LogP) is 1.66. The van der Waals surface area contributed by atoms with Crippen LogP contribution in [0.1, 0.15) is 11.5 Å².